The third kappa shape index (κ3) is 2.40. The lowest BCUT2D eigenvalue weighted by atomic mass is 9.89. The highest BCUT2D eigenvalue weighted by Gasteiger charge is 2.53. The van der Waals surface area contributed by atoms with Gasteiger partial charge in [-0.3, -0.25) is 9.36 Å². The van der Waals surface area contributed by atoms with Crippen molar-refractivity contribution in [2.75, 3.05) is 5.73 Å². The molecule has 0 unspecified atom stereocenters. The van der Waals surface area contributed by atoms with E-state index in [0.717, 1.165) is 0 Å². The Morgan fingerprint density at radius 1 is 1.35 bits per heavy atom. The van der Waals surface area contributed by atoms with Gasteiger partial charge in [-0.2, -0.15) is 0 Å². The van der Waals surface area contributed by atoms with E-state index >= 15 is 0 Å². The molecule has 3 aromatic rings. The molecule has 9 heteroatoms. The molecule has 8 nitrogen and oxygen atoms in total. The number of Topliss-reactive ketones (excluding diaryl/α,β-unsaturated/α-hetero) is 1. The summed E-state index contributed by atoms with van der Waals surface area (Å²) in [6, 6.07) is 8.61. The zero-order valence-electron chi connectivity index (χ0n) is 13.5. The number of rotatable bonds is 4. The first-order valence-corrected chi connectivity index (χ1v) is 8.39. The van der Waals surface area contributed by atoms with Gasteiger partial charge in [0.25, 0.3) is 0 Å². The molecular formula is C17H15N5O3S. The van der Waals surface area contributed by atoms with Crippen LogP contribution in [0.25, 0.3) is 11.2 Å². The smallest absolute Gasteiger partial charge is 0.202 e. The summed E-state index contributed by atoms with van der Waals surface area (Å²) in [5, 5.41) is 11.8. The number of anilines is 1. The van der Waals surface area contributed by atoms with Crippen LogP contribution in [-0.2, 0) is 4.74 Å². The van der Waals surface area contributed by atoms with Crippen molar-refractivity contribution in [3.63, 3.8) is 0 Å². The maximum Gasteiger partial charge on any atom is 0.202 e. The summed E-state index contributed by atoms with van der Waals surface area (Å²) < 4.78 is 7.60. The minimum Gasteiger partial charge on any atom is -0.389 e. The highest BCUT2D eigenvalue weighted by atomic mass is 32.1. The van der Waals surface area contributed by atoms with Crippen molar-refractivity contribution < 1.29 is 14.6 Å². The maximum absolute atomic E-state index is 13.0. The number of nitrogen functional groups attached to an aromatic ring is 1. The van der Waals surface area contributed by atoms with E-state index in [4.69, 9.17) is 22.7 Å². The van der Waals surface area contributed by atoms with Crippen molar-refractivity contribution in [3.8, 4) is 0 Å². The van der Waals surface area contributed by atoms with Gasteiger partial charge in [0.1, 0.15) is 18.1 Å². The fraction of sp³-hybridized carbons (Fsp3) is 0.235. The van der Waals surface area contributed by atoms with Crippen LogP contribution in [0.4, 0.5) is 5.82 Å². The second-order valence-corrected chi connectivity index (χ2v) is 6.25. The molecule has 0 radical (unpaired) electrons. The standard InChI is InChI=1S/C17H15N5O3S/c18-15-13-16(20-8-19-15)22(9-21-13)12-6-11(23)17(7-26,25-12)14(24)10-4-2-1-3-5-10/h1-5,7-9,11-12,23H,6H2,(H2,18,19,20)/t11-,12+,17+/m0/s1. The molecule has 3 N–H and O–H groups in total. The van der Waals surface area contributed by atoms with Gasteiger partial charge in [0, 0.05) is 17.4 Å². The number of thiocarbonyl (C=S) groups is 1. The Bertz CT molecular complexity index is 992. The van der Waals surface area contributed by atoms with Crippen molar-refractivity contribution in [1.82, 2.24) is 19.5 Å². The van der Waals surface area contributed by atoms with Crippen LogP contribution >= 0.6 is 12.2 Å². The molecule has 0 bridgehead atoms. The lowest BCUT2D eigenvalue weighted by Gasteiger charge is -2.26. The lowest BCUT2D eigenvalue weighted by molar-refractivity contribution is -0.0345. The monoisotopic (exact) mass is 369 g/mol. The summed E-state index contributed by atoms with van der Waals surface area (Å²) in [5.41, 5.74) is 5.49. The Kier molecular flexibility index (Phi) is 3.98. The van der Waals surface area contributed by atoms with Gasteiger partial charge >= 0.3 is 0 Å². The SMILES string of the molecule is Nc1ncnc2c1ncn2[C@H]1C[C@H](O)[C@](C=S)(C(=O)c2ccccc2)O1. The van der Waals surface area contributed by atoms with Crippen LogP contribution in [0.15, 0.2) is 43.0 Å². The Labute approximate surface area is 153 Å². The summed E-state index contributed by atoms with van der Waals surface area (Å²) in [6.07, 6.45) is 1.20. The van der Waals surface area contributed by atoms with Crippen LogP contribution in [-0.4, -0.2) is 47.5 Å². The topological polar surface area (TPSA) is 116 Å². The zero-order valence-corrected chi connectivity index (χ0v) is 14.3. The number of hydrogen-bond donors (Lipinski definition) is 2. The number of fused-ring (bicyclic) bond motifs is 1. The normalized spacial score (nSPS) is 25.4. The van der Waals surface area contributed by atoms with E-state index in [2.05, 4.69) is 15.0 Å². The van der Waals surface area contributed by atoms with Gasteiger partial charge in [0.05, 0.1) is 12.4 Å². The summed E-state index contributed by atoms with van der Waals surface area (Å²) in [5.74, 6) is -0.143. The van der Waals surface area contributed by atoms with E-state index in [1.807, 2.05) is 0 Å². The quantitative estimate of drug-likeness (QED) is 0.522. The predicted molar refractivity (Wildman–Crippen MR) is 97.6 cm³/mol. The number of aromatic nitrogens is 4. The molecule has 4 rings (SSSR count). The number of benzene rings is 1. The molecule has 2 aromatic heterocycles. The summed E-state index contributed by atoms with van der Waals surface area (Å²) in [7, 11) is 0. The first kappa shape index (κ1) is 16.7. The average molecular weight is 369 g/mol. The molecule has 3 atom stereocenters. The fourth-order valence-corrected chi connectivity index (χ4v) is 3.47. The summed E-state index contributed by atoms with van der Waals surface area (Å²) >= 11 is 5.07. The van der Waals surface area contributed by atoms with E-state index in [0.29, 0.717) is 16.7 Å². The van der Waals surface area contributed by atoms with Gasteiger partial charge in [-0.05, 0) is 0 Å². The van der Waals surface area contributed by atoms with Gasteiger partial charge in [0.15, 0.2) is 17.1 Å². The molecule has 0 saturated carbocycles. The van der Waals surface area contributed by atoms with Crippen LogP contribution in [0.1, 0.15) is 23.0 Å². The molecule has 1 saturated heterocycles. The molecule has 26 heavy (non-hydrogen) atoms. The van der Waals surface area contributed by atoms with Crippen molar-refractivity contribution >= 4 is 40.4 Å². The van der Waals surface area contributed by atoms with Crippen molar-refractivity contribution in [2.45, 2.75) is 24.4 Å². The number of nitrogens with two attached hydrogens (primary N) is 1. The second-order valence-electron chi connectivity index (χ2n) is 6.01. The average Bonchev–Trinajstić information content (AvgIpc) is 3.24. The number of aliphatic hydroxyl groups excluding tert-OH is 1. The minimum absolute atomic E-state index is 0.154. The van der Waals surface area contributed by atoms with Crippen LogP contribution < -0.4 is 5.73 Å². The molecule has 0 amide bonds. The Hall–Kier alpha value is -2.75. The highest BCUT2D eigenvalue weighted by molar-refractivity contribution is 7.79. The molecule has 3 heterocycles. The largest absolute Gasteiger partial charge is 0.389 e. The van der Waals surface area contributed by atoms with Gasteiger partial charge < -0.3 is 15.6 Å². The van der Waals surface area contributed by atoms with Crippen LogP contribution in [0.5, 0.6) is 0 Å². The number of nitrogens with zero attached hydrogens (tertiary/aromatic N) is 4. The number of aliphatic hydroxyl groups is 1. The van der Waals surface area contributed by atoms with Crippen LogP contribution in [0, 0.1) is 0 Å². The zero-order chi connectivity index (χ0) is 18.3. The first-order valence-electron chi connectivity index (χ1n) is 7.92. The Morgan fingerprint density at radius 2 is 2.12 bits per heavy atom. The van der Waals surface area contributed by atoms with E-state index in [1.54, 1.807) is 34.9 Å². The van der Waals surface area contributed by atoms with Gasteiger partial charge in [-0.1, -0.05) is 42.5 Å². The highest BCUT2D eigenvalue weighted by Crippen LogP contribution is 2.39. The number of carbonyl (C=O) groups is 1. The number of hydrogen-bond acceptors (Lipinski definition) is 8. The minimum atomic E-state index is -1.61. The van der Waals surface area contributed by atoms with Crippen molar-refractivity contribution in [3.05, 3.63) is 48.5 Å². The van der Waals surface area contributed by atoms with Crippen LogP contribution in [0.3, 0.4) is 0 Å². The van der Waals surface area contributed by atoms with Crippen LogP contribution in [0.2, 0.25) is 0 Å². The number of ketones is 1. The summed E-state index contributed by atoms with van der Waals surface area (Å²) in [4.78, 5) is 25.3. The molecular weight excluding hydrogens is 354 g/mol. The van der Waals surface area contributed by atoms with E-state index in [9.17, 15) is 9.90 Å². The molecule has 1 aliphatic heterocycles. The van der Waals surface area contributed by atoms with E-state index in [-0.39, 0.29) is 18.0 Å². The maximum atomic E-state index is 13.0. The Balaban J connectivity index is 1.73. The van der Waals surface area contributed by atoms with Crippen molar-refractivity contribution in [2.24, 2.45) is 0 Å². The van der Waals surface area contributed by atoms with Gasteiger partial charge in [-0.15, -0.1) is 0 Å². The number of carbonyl (C=O) groups excluding carboxylic acids is 1. The fourth-order valence-electron chi connectivity index (χ4n) is 3.15. The second kappa shape index (κ2) is 6.20. The molecule has 1 aromatic carbocycles. The third-order valence-corrected chi connectivity index (χ3v) is 4.86. The number of imidazole rings is 1. The molecule has 0 spiro atoms. The van der Waals surface area contributed by atoms with Crippen molar-refractivity contribution in [1.29, 1.82) is 0 Å². The first-order chi connectivity index (χ1) is 12.6. The van der Waals surface area contributed by atoms with Gasteiger partial charge in [-0.25, -0.2) is 15.0 Å². The lowest BCUT2D eigenvalue weighted by Crippen LogP contribution is -2.48. The van der Waals surface area contributed by atoms with Gasteiger partial charge in [0.2, 0.25) is 5.78 Å². The predicted octanol–water partition coefficient (Wildman–Crippen LogP) is 1.31. The van der Waals surface area contributed by atoms with E-state index < -0.39 is 17.9 Å². The third-order valence-electron chi connectivity index (χ3n) is 4.51. The molecule has 1 fully saturated rings. The Morgan fingerprint density at radius 3 is 2.85 bits per heavy atom. The molecule has 132 valence electrons. The number of ether oxygens (including phenoxy) is 1. The molecule has 1 aliphatic rings. The molecule has 0 aliphatic carbocycles. The van der Waals surface area contributed by atoms with E-state index in [1.165, 1.54) is 18.0 Å². The summed E-state index contributed by atoms with van der Waals surface area (Å²) in [6.45, 7) is 0.